The third-order valence-electron chi connectivity index (χ3n) is 2.06. The normalized spacial score (nSPS) is 11.4. The lowest BCUT2D eigenvalue weighted by molar-refractivity contribution is 0.204. The van der Waals surface area contributed by atoms with Crippen molar-refractivity contribution in [2.75, 3.05) is 32.6 Å². The number of hydrogen-bond acceptors (Lipinski definition) is 4. The Morgan fingerprint density at radius 2 is 1.89 bits per heavy atom. The van der Waals surface area contributed by atoms with E-state index in [9.17, 15) is 12.8 Å². The molecule has 0 amide bonds. The standard InChI is InChI=1S/C11H16FNO4S/c1-16-7-6-13-18(14,15)9-8-17-11-4-2-10(12)3-5-11/h2-5,13H,6-9H2,1H3. The third kappa shape index (κ3) is 5.95. The van der Waals surface area contributed by atoms with Crippen molar-refractivity contribution in [2.24, 2.45) is 0 Å². The summed E-state index contributed by atoms with van der Waals surface area (Å²) in [5, 5.41) is 0. The van der Waals surface area contributed by atoms with Gasteiger partial charge in [-0.3, -0.25) is 0 Å². The fraction of sp³-hybridized carbons (Fsp3) is 0.455. The number of sulfonamides is 1. The minimum atomic E-state index is -3.36. The third-order valence-corrected chi connectivity index (χ3v) is 3.41. The van der Waals surface area contributed by atoms with Gasteiger partial charge in [0.2, 0.25) is 10.0 Å². The maximum absolute atomic E-state index is 12.6. The first-order valence-electron chi connectivity index (χ1n) is 5.38. The van der Waals surface area contributed by atoms with Crippen LogP contribution in [0.5, 0.6) is 5.75 Å². The zero-order valence-electron chi connectivity index (χ0n) is 10.1. The molecule has 0 aromatic heterocycles. The molecule has 0 saturated heterocycles. The Hall–Kier alpha value is -1.18. The molecule has 102 valence electrons. The number of hydrogen-bond donors (Lipinski definition) is 1. The molecule has 0 atom stereocenters. The van der Waals surface area contributed by atoms with Crippen LogP contribution in [0.3, 0.4) is 0 Å². The van der Waals surface area contributed by atoms with E-state index in [1.165, 1.54) is 31.4 Å². The number of methoxy groups -OCH3 is 1. The van der Waals surface area contributed by atoms with Gasteiger partial charge in [0.1, 0.15) is 18.2 Å². The predicted octanol–water partition coefficient (Wildman–Crippen LogP) is 0.770. The first-order valence-corrected chi connectivity index (χ1v) is 7.03. The molecule has 0 spiro atoms. The lowest BCUT2D eigenvalue weighted by Crippen LogP contribution is -2.31. The van der Waals surface area contributed by atoms with Crippen molar-refractivity contribution in [3.63, 3.8) is 0 Å². The quantitative estimate of drug-likeness (QED) is 0.713. The van der Waals surface area contributed by atoms with E-state index in [0.717, 1.165) is 0 Å². The summed E-state index contributed by atoms with van der Waals surface area (Å²) < 4.78 is 47.8. The molecule has 0 heterocycles. The topological polar surface area (TPSA) is 64.6 Å². The summed E-state index contributed by atoms with van der Waals surface area (Å²) in [6.45, 7) is 0.557. The van der Waals surface area contributed by atoms with E-state index in [1.807, 2.05) is 0 Å². The molecule has 7 heteroatoms. The second-order valence-electron chi connectivity index (χ2n) is 3.51. The van der Waals surface area contributed by atoms with Gasteiger partial charge in [-0.1, -0.05) is 0 Å². The van der Waals surface area contributed by atoms with E-state index >= 15 is 0 Å². The van der Waals surface area contributed by atoms with Crippen molar-refractivity contribution in [2.45, 2.75) is 0 Å². The summed E-state index contributed by atoms with van der Waals surface area (Å²) in [4.78, 5) is 0. The Balaban J connectivity index is 2.30. The lowest BCUT2D eigenvalue weighted by atomic mass is 10.3. The van der Waals surface area contributed by atoms with Crippen LogP contribution >= 0.6 is 0 Å². The van der Waals surface area contributed by atoms with E-state index < -0.39 is 10.0 Å². The molecule has 0 fully saturated rings. The van der Waals surface area contributed by atoms with E-state index in [2.05, 4.69) is 4.72 Å². The van der Waals surface area contributed by atoms with Gasteiger partial charge >= 0.3 is 0 Å². The van der Waals surface area contributed by atoms with Crippen molar-refractivity contribution >= 4 is 10.0 Å². The van der Waals surface area contributed by atoms with Gasteiger partial charge in [0, 0.05) is 13.7 Å². The second kappa shape index (κ2) is 7.30. The largest absolute Gasteiger partial charge is 0.492 e. The molecular formula is C11H16FNO4S. The number of ether oxygens (including phenoxy) is 2. The number of rotatable bonds is 8. The van der Waals surface area contributed by atoms with E-state index in [1.54, 1.807) is 0 Å². The molecule has 0 saturated carbocycles. The van der Waals surface area contributed by atoms with Crippen LogP contribution in [-0.4, -0.2) is 41.0 Å². The van der Waals surface area contributed by atoms with Crippen LogP contribution < -0.4 is 9.46 Å². The predicted molar refractivity (Wildman–Crippen MR) is 65.6 cm³/mol. The molecule has 1 rings (SSSR count). The molecule has 1 aromatic carbocycles. The summed E-state index contributed by atoms with van der Waals surface area (Å²) in [5.41, 5.74) is 0. The summed E-state index contributed by atoms with van der Waals surface area (Å²) in [5.74, 6) is -0.0895. The summed E-state index contributed by atoms with van der Waals surface area (Å²) in [6, 6.07) is 5.39. The van der Waals surface area contributed by atoms with Crippen LogP contribution in [0.25, 0.3) is 0 Å². The fourth-order valence-corrected chi connectivity index (χ4v) is 2.01. The highest BCUT2D eigenvalue weighted by Gasteiger charge is 2.09. The maximum Gasteiger partial charge on any atom is 0.215 e. The van der Waals surface area contributed by atoms with Gasteiger partial charge in [0.25, 0.3) is 0 Å². The minimum absolute atomic E-state index is 0.00788. The van der Waals surface area contributed by atoms with Crippen LogP contribution in [-0.2, 0) is 14.8 Å². The molecular weight excluding hydrogens is 261 g/mol. The molecule has 0 aliphatic heterocycles. The van der Waals surface area contributed by atoms with Crippen LogP contribution in [0, 0.1) is 5.82 Å². The van der Waals surface area contributed by atoms with E-state index in [-0.39, 0.29) is 24.7 Å². The Labute approximate surface area is 106 Å². The zero-order valence-corrected chi connectivity index (χ0v) is 10.9. The highest BCUT2D eigenvalue weighted by atomic mass is 32.2. The van der Waals surface area contributed by atoms with E-state index in [4.69, 9.17) is 9.47 Å². The first kappa shape index (κ1) is 14.9. The summed E-state index contributed by atoms with van der Waals surface area (Å²) in [6.07, 6.45) is 0. The number of nitrogens with one attached hydrogen (secondary N) is 1. The SMILES string of the molecule is COCCNS(=O)(=O)CCOc1ccc(F)cc1. The molecule has 1 N–H and O–H groups in total. The monoisotopic (exact) mass is 277 g/mol. The van der Waals surface area contributed by atoms with Crippen molar-refractivity contribution in [1.29, 1.82) is 0 Å². The van der Waals surface area contributed by atoms with Crippen molar-refractivity contribution < 1.29 is 22.3 Å². The van der Waals surface area contributed by atoms with Crippen LogP contribution in [0.15, 0.2) is 24.3 Å². The maximum atomic E-state index is 12.6. The summed E-state index contributed by atoms with van der Waals surface area (Å²) >= 11 is 0. The Morgan fingerprint density at radius 3 is 2.50 bits per heavy atom. The lowest BCUT2D eigenvalue weighted by Gasteiger charge is -2.08. The highest BCUT2D eigenvalue weighted by molar-refractivity contribution is 7.89. The van der Waals surface area contributed by atoms with Crippen molar-refractivity contribution in [3.05, 3.63) is 30.1 Å². The van der Waals surface area contributed by atoms with Gasteiger partial charge in [-0.05, 0) is 24.3 Å². The van der Waals surface area contributed by atoms with Crippen molar-refractivity contribution in [1.82, 2.24) is 4.72 Å². The minimum Gasteiger partial charge on any atom is -0.492 e. The Kier molecular flexibility index (Phi) is 6.03. The van der Waals surface area contributed by atoms with Crippen LogP contribution in [0.2, 0.25) is 0 Å². The highest BCUT2D eigenvalue weighted by Crippen LogP contribution is 2.10. The van der Waals surface area contributed by atoms with Crippen LogP contribution in [0.1, 0.15) is 0 Å². The summed E-state index contributed by atoms with van der Waals surface area (Å²) in [7, 11) is -1.87. The van der Waals surface area contributed by atoms with Gasteiger partial charge in [-0.15, -0.1) is 0 Å². The molecule has 0 bridgehead atoms. The molecule has 18 heavy (non-hydrogen) atoms. The van der Waals surface area contributed by atoms with Crippen LogP contribution in [0.4, 0.5) is 4.39 Å². The number of benzene rings is 1. The van der Waals surface area contributed by atoms with E-state index in [0.29, 0.717) is 12.4 Å². The van der Waals surface area contributed by atoms with Crippen molar-refractivity contribution in [3.8, 4) is 5.75 Å². The van der Waals surface area contributed by atoms with Gasteiger partial charge in [0.15, 0.2) is 0 Å². The molecule has 5 nitrogen and oxygen atoms in total. The second-order valence-corrected chi connectivity index (χ2v) is 5.43. The van der Waals surface area contributed by atoms with Gasteiger partial charge in [-0.25, -0.2) is 17.5 Å². The smallest absolute Gasteiger partial charge is 0.215 e. The molecule has 1 aromatic rings. The Bertz CT molecular complexity index is 447. The fourth-order valence-electron chi connectivity index (χ4n) is 1.17. The van der Waals surface area contributed by atoms with Gasteiger partial charge in [-0.2, -0.15) is 0 Å². The first-order chi connectivity index (χ1) is 8.53. The zero-order chi connectivity index (χ0) is 13.4. The van der Waals surface area contributed by atoms with Gasteiger partial charge < -0.3 is 9.47 Å². The average molecular weight is 277 g/mol. The Morgan fingerprint density at radius 1 is 1.22 bits per heavy atom. The molecule has 0 unspecified atom stereocenters. The average Bonchev–Trinajstić information content (AvgIpc) is 2.32. The molecule has 0 aliphatic rings. The number of halogens is 1. The van der Waals surface area contributed by atoms with Gasteiger partial charge in [0.05, 0.1) is 12.4 Å². The molecule has 0 radical (unpaired) electrons. The molecule has 0 aliphatic carbocycles.